The van der Waals surface area contributed by atoms with Crippen molar-refractivity contribution in [1.82, 2.24) is 15.2 Å². The highest BCUT2D eigenvalue weighted by atomic mass is 32.2. The Hall–Kier alpha value is -2.74. The van der Waals surface area contributed by atoms with Gasteiger partial charge in [0.15, 0.2) is 5.11 Å². The van der Waals surface area contributed by atoms with E-state index >= 15 is 0 Å². The average molecular weight is 595 g/mol. The summed E-state index contributed by atoms with van der Waals surface area (Å²) in [5, 5.41) is 3.84. The smallest absolute Gasteiger partial charge is 0.341 e. The van der Waals surface area contributed by atoms with Crippen LogP contribution in [0.5, 0.6) is 5.75 Å². The van der Waals surface area contributed by atoms with Crippen molar-refractivity contribution in [1.29, 1.82) is 0 Å². The van der Waals surface area contributed by atoms with Crippen LogP contribution >= 0.6 is 23.6 Å². The lowest BCUT2D eigenvalue weighted by molar-refractivity contribution is -0.126. The summed E-state index contributed by atoms with van der Waals surface area (Å²) < 4.78 is 37.8. The van der Waals surface area contributed by atoms with Crippen LogP contribution in [0.3, 0.4) is 0 Å². The van der Waals surface area contributed by atoms with Gasteiger partial charge in [0, 0.05) is 23.9 Å². The van der Waals surface area contributed by atoms with Gasteiger partial charge in [-0.3, -0.25) is 15.6 Å². The van der Waals surface area contributed by atoms with E-state index in [2.05, 4.69) is 16.2 Å². The Balaban J connectivity index is 1.31. The average Bonchev–Trinajstić information content (AvgIpc) is 3.11. The Kier molecular flexibility index (Phi) is 9.81. The van der Waals surface area contributed by atoms with Gasteiger partial charge in [0.2, 0.25) is 15.9 Å². The van der Waals surface area contributed by atoms with Gasteiger partial charge in [-0.2, -0.15) is 4.31 Å². The quantitative estimate of drug-likeness (QED) is 0.191. The standard InChI is InChI=1S/C26H34N4O6S3/c1-3-36-25(32)22-20-7-5-4-6-8-21(20)38-24(22)27-26(37)29-28-23(31)17-13-15-30(16-14-17)39(33,34)19-11-9-18(35-2)10-12-19/h9-12,17H,3-8,13-16H2,1-2H3,(H,28,31)(H2,27,29,37). The summed E-state index contributed by atoms with van der Waals surface area (Å²) in [6.07, 6.45) is 5.73. The number of ether oxygens (including phenoxy) is 2. The molecule has 10 nitrogen and oxygen atoms in total. The molecular formula is C26H34N4O6S3. The van der Waals surface area contributed by atoms with E-state index in [1.807, 2.05) is 0 Å². The van der Waals surface area contributed by atoms with Gasteiger partial charge in [0.1, 0.15) is 10.8 Å². The molecule has 1 amide bonds. The zero-order valence-corrected chi connectivity index (χ0v) is 24.5. The summed E-state index contributed by atoms with van der Waals surface area (Å²) in [6, 6.07) is 6.25. The topological polar surface area (TPSA) is 126 Å². The fraction of sp³-hybridized carbons (Fsp3) is 0.500. The monoisotopic (exact) mass is 594 g/mol. The Morgan fingerprint density at radius 1 is 1.08 bits per heavy atom. The molecule has 0 unspecified atom stereocenters. The van der Waals surface area contributed by atoms with Crippen molar-refractivity contribution < 1.29 is 27.5 Å². The molecule has 1 fully saturated rings. The normalized spacial score (nSPS) is 16.5. The summed E-state index contributed by atoms with van der Waals surface area (Å²) in [6.45, 7) is 2.52. The van der Waals surface area contributed by atoms with E-state index < -0.39 is 10.0 Å². The number of hydrogen-bond acceptors (Lipinski definition) is 8. The number of hydrazine groups is 1. The van der Waals surface area contributed by atoms with Crippen LogP contribution in [0.15, 0.2) is 29.2 Å². The number of thiocarbonyl (C=S) groups is 1. The van der Waals surface area contributed by atoms with Crippen molar-refractivity contribution in [3.8, 4) is 5.75 Å². The SMILES string of the molecule is CCOC(=O)c1c(NC(=S)NNC(=O)C2CCN(S(=O)(=O)c3ccc(OC)cc3)CC2)sc2c1CCCCC2. The van der Waals surface area contributed by atoms with Gasteiger partial charge in [-0.25, -0.2) is 13.2 Å². The Morgan fingerprint density at radius 2 is 1.77 bits per heavy atom. The number of benzene rings is 1. The van der Waals surface area contributed by atoms with Gasteiger partial charge in [0.05, 0.1) is 24.2 Å². The molecule has 0 radical (unpaired) electrons. The number of anilines is 1. The van der Waals surface area contributed by atoms with Crippen LogP contribution in [0.2, 0.25) is 0 Å². The molecule has 0 atom stereocenters. The number of amides is 1. The number of sulfonamides is 1. The molecule has 13 heteroatoms. The first-order valence-corrected chi connectivity index (χ1v) is 15.7. The lowest BCUT2D eigenvalue weighted by Crippen LogP contribution is -2.49. The van der Waals surface area contributed by atoms with Crippen molar-refractivity contribution in [2.24, 2.45) is 5.92 Å². The highest BCUT2D eigenvalue weighted by Gasteiger charge is 2.32. The molecule has 1 saturated heterocycles. The molecule has 39 heavy (non-hydrogen) atoms. The number of nitrogens with one attached hydrogen (secondary N) is 3. The lowest BCUT2D eigenvalue weighted by Gasteiger charge is -2.30. The molecule has 4 rings (SSSR count). The largest absolute Gasteiger partial charge is 0.497 e. The molecular weight excluding hydrogens is 561 g/mol. The van der Waals surface area contributed by atoms with E-state index in [1.54, 1.807) is 19.1 Å². The van der Waals surface area contributed by atoms with Gasteiger partial charge >= 0.3 is 5.97 Å². The van der Waals surface area contributed by atoms with Crippen LogP contribution in [-0.2, 0) is 32.4 Å². The molecule has 2 heterocycles. The van der Waals surface area contributed by atoms with E-state index in [-0.39, 0.29) is 47.5 Å². The summed E-state index contributed by atoms with van der Waals surface area (Å²) in [4.78, 5) is 26.9. The van der Waals surface area contributed by atoms with Crippen LogP contribution in [0, 0.1) is 5.92 Å². The molecule has 1 aliphatic heterocycles. The minimum absolute atomic E-state index is 0.157. The fourth-order valence-corrected chi connectivity index (χ4v) is 7.83. The summed E-state index contributed by atoms with van der Waals surface area (Å²) in [7, 11) is -2.13. The van der Waals surface area contributed by atoms with Crippen molar-refractivity contribution in [3.05, 3.63) is 40.3 Å². The minimum atomic E-state index is -3.65. The van der Waals surface area contributed by atoms with Gasteiger partial charge in [-0.15, -0.1) is 11.3 Å². The van der Waals surface area contributed by atoms with Crippen LogP contribution in [0.1, 0.15) is 59.8 Å². The summed E-state index contributed by atoms with van der Waals surface area (Å²) in [5.74, 6) is -0.429. The Labute approximate surface area is 238 Å². The van der Waals surface area contributed by atoms with E-state index in [9.17, 15) is 18.0 Å². The number of carbonyl (C=O) groups excluding carboxylic acids is 2. The number of rotatable bonds is 7. The van der Waals surface area contributed by atoms with Gasteiger partial charge < -0.3 is 14.8 Å². The van der Waals surface area contributed by atoms with Gasteiger partial charge in [-0.05, 0) is 87.5 Å². The first kappa shape index (κ1) is 29.2. The highest BCUT2D eigenvalue weighted by Crippen LogP contribution is 2.38. The number of methoxy groups -OCH3 is 1. The summed E-state index contributed by atoms with van der Waals surface area (Å²) in [5.41, 5.74) is 6.92. The third kappa shape index (κ3) is 6.89. The molecule has 3 N–H and O–H groups in total. The minimum Gasteiger partial charge on any atom is -0.497 e. The zero-order valence-electron chi connectivity index (χ0n) is 22.1. The van der Waals surface area contributed by atoms with Crippen molar-refractivity contribution in [2.75, 3.05) is 32.1 Å². The number of aryl methyl sites for hydroxylation is 1. The first-order valence-electron chi connectivity index (χ1n) is 13.1. The second-order valence-electron chi connectivity index (χ2n) is 9.41. The summed E-state index contributed by atoms with van der Waals surface area (Å²) >= 11 is 6.90. The Bertz CT molecular complexity index is 1300. The number of nitrogens with zero attached hydrogens (tertiary/aromatic N) is 1. The number of piperidine rings is 1. The molecule has 0 bridgehead atoms. The third-order valence-electron chi connectivity index (χ3n) is 6.95. The van der Waals surface area contributed by atoms with Gasteiger partial charge in [-0.1, -0.05) is 6.42 Å². The molecule has 2 aliphatic rings. The molecule has 212 valence electrons. The molecule has 0 saturated carbocycles. The van der Waals surface area contributed by atoms with E-state index in [1.165, 1.54) is 39.8 Å². The lowest BCUT2D eigenvalue weighted by atomic mass is 9.98. The predicted octanol–water partition coefficient (Wildman–Crippen LogP) is 3.62. The first-order chi connectivity index (χ1) is 18.7. The number of hydrogen-bond donors (Lipinski definition) is 3. The van der Waals surface area contributed by atoms with Crippen LogP contribution in [-0.4, -0.2) is 56.5 Å². The van der Waals surface area contributed by atoms with E-state index in [0.29, 0.717) is 29.2 Å². The highest BCUT2D eigenvalue weighted by molar-refractivity contribution is 7.89. The zero-order chi connectivity index (χ0) is 28.0. The maximum atomic E-state index is 13.0. The van der Waals surface area contributed by atoms with Crippen molar-refractivity contribution in [3.63, 3.8) is 0 Å². The van der Waals surface area contributed by atoms with Crippen LogP contribution in [0.4, 0.5) is 5.00 Å². The fourth-order valence-electron chi connectivity index (χ4n) is 4.86. The van der Waals surface area contributed by atoms with Gasteiger partial charge in [0.25, 0.3) is 0 Å². The second kappa shape index (κ2) is 13.1. The number of esters is 1. The Morgan fingerprint density at radius 3 is 2.44 bits per heavy atom. The molecule has 2 aromatic rings. The molecule has 0 spiro atoms. The van der Waals surface area contributed by atoms with Crippen LogP contribution < -0.4 is 20.9 Å². The molecule has 1 aliphatic carbocycles. The van der Waals surface area contributed by atoms with Crippen molar-refractivity contribution >= 4 is 55.6 Å². The predicted molar refractivity (Wildman–Crippen MR) is 154 cm³/mol. The number of thiophene rings is 1. The van der Waals surface area contributed by atoms with E-state index in [4.69, 9.17) is 21.7 Å². The second-order valence-corrected chi connectivity index (χ2v) is 12.9. The molecule has 1 aromatic carbocycles. The maximum absolute atomic E-state index is 13.0. The number of carbonyl (C=O) groups is 2. The number of fused-ring (bicyclic) bond motifs is 1. The third-order valence-corrected chi connectivity index (χ3v) is 10.3. The van der Waals surface area contributed by atoms with E-state index in [0.717, 1.165) is 37.7 Å². The molecule has 1 aromatic heterocycles. The maximum Gasteiger partial charge on any atom is 0.341 e. The van der Waals surface area contributed by atoms with Crippen molar-refractivity contribution in [2.45, 2.75) is 56.8 Å². The van der Waals surface area contributed by atoms with Crippen LogP contribution in [0.25, 0.3) is 0 Å².